The zero-order chi connectivity index (χ0) is 9.97. The van der Waals surface area contributed by atoms with E-state index in [1.54, 1.807) is 6.07 Å². The van der Waals surface area contributed by atoms with Gasteiger partial charge < -0.3 is 15.2 Å². The molecule has 5 nitrogen and oxygen atoms in total. The molecule has 0 spiro atoms. The Bertz CT molecular complexity index is 382. The summed E-state index contributed by atoms with van der Waals surface area (Å²) in [5.74, 6) is 0.373. The highest BCUT2D eigenvalue weighted by Gasteiger charge is 2.21. The molecule has 14 heavy (non-hydrogen) atoms. The van der Waals surface area contributed by atoms with Crippen molar-refractivity contribution in [3.63, 3.8) is 0 Å². The van der Waals surface area contributed by atoms with E-state index in [0.29, 0.717) is 30.3 Å². The number of nitrogens with two attached hydrogens (primary N) is 1. The van der Waals surface area contributed by atoms with Crippen molar-refractivity contribution in [2.75, 3.05) is 18.9 Å². The maximum absolute atomic E-state index is 8.59. The average Bonchev–Trinajstić information content (AvgIpc) is 2.13. The number of rotatable bonds is 2. The molecule has 0 amide bonds. The number of anilines is 1. The zero-order valence-electron chi connectivity index (χ0n) is 7.43. The molecule has 2 heterocycles. The Labute approximate surface area is 81.1 Å². The standard InChI is InChI=1S/C9H9N3O2/c10-2-6-1-8(11)9(12-3-6)14-7-4-13-5-7/h1,3,7H,4-5,11H2. The SMILES string of the molecule is N#Cc1cnc(OC2COC2)c(N)c1. The molecule has 1 aromatic heterocycles. The van der Waals surface area contributed by atoms with Crippen molar-refractivity contribution in [3.8, 4) is 11.9 Å². The van der Waals surface area contributed by atoms with Crippen molar-refractivity contribution >= 4 is 5.69 Å². The van der Waals surface area contributed by atoms with Crippen LogP contribution in [0.25, 0.3) is 0 Å². The first kappa shape index (κ1) is 8.78. The van der Waals surface area contributed by atoms with Gasteiger partial charge in [-0.1, -0.05) is 0 Å². The minimum atomic E-state index is 0.0396. The number of hydrogen-bond donors (Lipinski definition) is 1. The number of nitrogen functional groups attached to an aromatic ring is 1. The van der Waals surface area contributed by atoms with E-state index >= 15 is 0 Å². The van der Waals surface area contributed by atoms with Gasteiger partial charge in [0.15, 0.2) is 0 Å². The second kappa shape index (κ2) is 3.52. The van der Waals surface area contributed by atoms with Crippen LogP contribution >= 0.6 is 0 Å². The van der Waals surface area contributed by atoms with Gasteiger partial charge in [0.2, 0.25) is 5.88 Å². The monoisotopic (exact) mass is 191 g/mol. The van der Waals surface area contributed by atoms with Crippen molar-refractivity contribution in [3.05, 3.63) is 17.8 Å². The third-order valence-electron chi connectivity index (χ3n) is 1.89. The highest BCUT2D eigenvalue weighted by atomic mass is 16.6. The Kier molecular flexibility index (Phi) is 2.21. The van der Waals surface area contributed by atoms with Crippen LogP contribution in [0, 0.1) is 11.3 Å². The molecule has 1 aliphatic rings. The van der Waals surface area contributed by atoms with Crippen molar-refractivity contribution < 1.29 is 9.47 Å². The van der Waals surface area contributed by atoms with Gasteiger partial charge in [0, 0.05) is 6.20 Å². The van der Waals surface area contributed by atoms with E-state index in [1.807, 2.05) is 6.07 Å². The van der Waals surface area contributed by atoms with E-state index in [4.69, 9.17) is 20.5 Å². The third kappa shape index (κ3) is 1.60. The van der Waals surface area contributed by atoms with Gasteiger partial charge in [0.1, 0.15) is 12.2 Å². The maximum atomic E-state index is 8.59. The van der Waals surface area contributed by atoms with Crippen LogP contribution in [0.5, 0.6) is 5.88 Å². The molecule has 1 aliphatic heterocycles. The third-order valence-corrected chi connectivity index (χ3v) is 1.89. The molecule has 0 aliphatic carbocycles. The second-order valence-electron chi connectivity index (χ2n) is 3.01. The topological polar surface area (TPSA) is 81.2 Å². The fourth-order valence-electron chi connectivity index (χ4n) is 1.07. The first-order valence-electron chi connectivity index (χ1n) is 4.19. The Morgan fingerprint density at radius 3 is 2.93 bits per heavy atom. The van der Waals surface area contributed by atoms with Crippen LogP contribution in [0.2, 0.25) is 0 Å². The van der Waals surface area contributed by atoms with Crippen molar-refractivity contribution in [1.82, 2.24) is 4.98 Å². The van der Waals surface area contributed by atoms with Crippen LogP contribution in [-0.4, -0.2) is 24.3 Å². The molecule has 72 valence electrons. The summed E-state index contributed by atoms with van der Waals surface area (Å²) < 4.78 is 10.4. The summed E-state index contributed by atoms with van der Waals surface area (Å²) in [6.45, 7) is 1.14. The Morgan fingerprint density at radius 1 is 1.64 bits per heavy atom. The molecule has 2 N–H and O–H groups in total. The van der Waals surface area contributed by atoms with E-state index in [0.717, 1.165) is 0 Å². The molecular formula is C9H9N3O2. The van der Waals surface area contributed by atoms with Crippen LogP contribution in [0.15, 0.2) is 12.3 Å². The quantitative estimate of drug-likeness (QED) is 0.727. The van der Waals surface area contributed by atoms with E-state index in [-0.39, 0.29) is 6.10 Å². The number of aromatic nitrogens is 1. The van der Waals surface area contributed by atoms with Gasteiger partial charge in [0.05, 0.1) is 24.5 Å². The van der Waals surface area contributed by atoms with Crippen LogP contribution in [0.1, 0.15) is 5.56 Å². The Hall–Kier alpha value is -1.80. The highest BCUT2D eigenvalue weighted by molar-refractivity contribution is 5.52. The minimum Gasteiger partial charge on any atom is -0.468 e. The number of pyridine rings is 1. The number of hydrogen-bond acceptors (Lipinski definition) is 5. The zero-order valence-corrected chi connectivity index (χ0v) is 7.43. The first-order valence-corrected chi connectivity index (χ1v) is 4.19. The fraction of sp³-hybridized carbons (Fsp3) is 0.333. The fourth-order valence-corrected chi connectivity index (χ4v) is 1.07. The van der Waals surface area contributed by atoms with Gasteiger partial charge in [0.25, 0.3) is 0 Å². The molecule has 0 bridgehead atoms. The van der Waals surface area contributed by atoms with Crippen molar-refractivity contribution in [2.45, 2.75) is 6.10 Å². The number of nitriles is 1. The largest absolute Gasteiger partial charge is 0.468 e. The molecule has 0 saturated carbocycles. The Morgan fingerprint density at radius 2 is 2.43 bits per heavy atom. The molecule has 1 fully saturated rings. The molecule has 0 unspecified atom stereocenters. The lowest BCUT2D eigenvalue weighted by molar-refractivity contribution is -0.0810. The number of nitrogens with zero attached hydrogens (tertiary/aromatic N) is 2. The first-order chi connectivity index (χ1) is 6.79. The summed E-state index contributed by atoms with van der Waals surface area (Å²) in [7, 11) is 0. The van der Waals surface area contributed by atoms with Gasteiger partial charge in [-0.3, -0.25) is 0 Å². The molecule has 1 aromatic rings. The summed E-state index contributed by atoms with van der Waals surface area (Å²) in [5.41, 5.74) is 6.46. The smallest absolute Gasteiger partial charge is 0.237 e. The van der Waals surface area contributed by atoms with Crippen LogP contribution in [0.4, 0.5) is 5.69 Å². The van der Waals surface area contributed by atoms with Gasteiger partial charge in [-0.2, -0.15) is 5.26 Å². The summed E-state index contributed by atoms with van der Waals surface area (Å²) in [5, 5.41) is 8.59. The molecule has 1 saturated heterocycles. The van der Waals surface area contributed by atoms with Gasteiger partial charge in [-0.05, 0) is 6.07 Å². The van der Waals surface area contributed by atoms with Gasteiger partial charge >= 0.3 is 0 Å². The van der Waals surface area contributed by atoms with Gasteiger partial charge in [-0.25, -0.2) is 4.98 Å². The Balaban J connectivity index is 2.14. The lowest BCUT2D eigenvalue weighted by Crippen LogP contribution is -2.38. The lowest BCUT2D eigenvalue weighted by atomic mass is 10.3. The van der Waals surface area contributed by atoms with Crippen LogP contribution in [-0.2, 0) is 4.74 Å². The maximum Gasteiger partial charge on any atom is 0.237 e. The summed E-state index contributed by atoms with van der Waals surface area (Å²) in [6.07, 6.45) is 1.48. The molecule has 2 rings (SSSR count). The highest BCUT2D eigenvalue weighted by Crippen LogP contribution is 2.21. The average molecular weight is 191 g/mol. The van der Waals surface area contributed by atoms with E-state index in [9.17, 15) is 0 Å². The molecule has 0 aromatic carbocycles. The predicted molar refractivity (Wildman–Crippen MR) is 48.6 cm³/mol. The summed E-state index contributed by atoms with van der Waals surface area (Å²) in [4.78, 5) is 3.95. The second-order valence-corrected chi connectivity index (χ2v) is 3.01. The molecule has 0 atom stereocenters. The van der Waals surface area contributed by atoms with Gasteiger partial charge in [-0.15, -0.1) is 0 Å². The summed E-state index contributed by atoms with van der Waals surface area (Å²) >= 11 is 0. The van der Waals surface area contributed by atoms with E-state index < -0.39 is 0 Å². The van der Waals surface area contributed by atoms with E-state index in [1.165, 1.54) is 6.20 Å². The van der Waals surface area contributed by atoms with Crippen LogP contribution < -0.4 is 10.5 Å². The summed E-state index contributed by atoms with van der Waals surface area (Å²) in [6, 6.07) is 3.50. The lowest BCUT2D eigenvalue weighted by Gasteiger charge is -2.26. The van der Waals surface area contributed by atoms with E-state index in [2.05, 4.69) is 4.98 Å². The molecule has 0 radical (unpaired) electrons. The normalized spacial score (nSPS) is 15.6. The van der Waals surface area contributed by atoms with Crippen molar-refractivity contribution in [1.29, 1.82) is 5.26 Å². The molecule has 5 heteroatoms. The number of ether oxygens (including phenoxy) is 2. The predicted octanol–water partition coefficient (Wildman–Crippen LogP) is 0.313. The minimum absolute atomic E-state index is 0.0396. The molecular weight excluding hydrogens is 182 g/mol. The van der Waals surface area contributed by atoms with Crippen molar-refractivity contribution in [2.24, 2.45) is 0 Å². The van der Waals surface area contributed by atoms with Crippen LogP contribution in [0.3, 0.4) is 0 Å².